The number of rotatable bonds is 9. The van der Waals surface area contributed by atoms with Crippen LogP contribution in [0, 0.1) is 0 Å². The van der Waals surface area contributed by atoms with Gasteiger partial charge in [0.1, 0.15) is 17.0 Å². The van der Waals surface area contributed by atoms with E-state index >= 15 is 0 Å². The molecule has 0 radical (unpaired) electrons. The first-order valence-corrected chi connectivity index (χ1v) is 15.4. The number of benzene rings is 5. The molecular formula is C38H28N2O5S. The second kappa shape index (κ2) is 13.8. The number of nitrogens with one attached hydrogen (secondary N) is 2. The number of hydrogen-bond donors (Lipinski definition) is 3. The fourth-order valence-corrected chi connectivity index (χ4v) is 5.60. The van der Waals surface area contributed by atoms with Gasteiger partial charge < -0.3 is 20.2 Å². The van der Waals surface area contributed by atoms with Crippen LogP contribution in [0.2, 0.25) is 0 Å². The summed E-state index contributed by atoms with van der Waals surface area (Å²) in [6, 6.07) is 40.1. The molecule has 0 aliphatic carbocycles. The maximum Gasteiger partial charge on any atom is 0.340 e. The largest absolute Gasteiger partial charge is 0.508 e. The van der Waals surface area contributed by atoms with Crippen LogP contribution in [0.1, 0.15) is 21.5 Å². The zero-order chi connectivity index (χ0) is 31.9. The van der Waals surface area contributed by atoms with E-state index < -0.39 is 17.4 Å². The van der Waals surface area contributed by atoms with E-state index in [-0.39, 0.29) is 11.4 Å². The summed E-state index contributed by atoms with van der Waals surface area (Å²) >= 11 is 1.45. The van der Waals surface area contributed by atoms with E-state index in [1.165, 1.54) is 17.8 Å². The van der Waals surface area contributed by atoms with Gasteiger partial charge in [-0.1, -0.05) is 72.8 Å². The molecule has 0 aliphatic rings. The van der Waals surface area contributed by atoms with Crippen LogP contribution in [0.25, 0.3) is 28.2 Å². The van der Waals surface area contributed by atoms with E-state index in [2.05, 4.69) is 10.6 Å². The molecule has 6 aromatic rings. The maximum atomic E-state index is 13.5. The van der Waals surface area contributed by atoms with Gasteiger partial charge >= 0.3 is 5.63 Å². The fourth-order valence-electron chi connectivity index (χ4n) is 4.75. The Morgan fingerprint density at radius 3 is 2.15 bits per heavy atom. The number of amides is 2. The topological polar surface area (TPSA) is 109 Å². The number of fused-ring (bicyclic) bond motifs is 1. The molecule has 7 nitrogen and oxygen atoms in total. The number of carbonyl (C=O) groups is 2. The molecule has 1 heterocycles. The normalized spacial score (nSPS) is 11.3. The van der Waals surface area contributed by atoms with Gasteiger partial charge in [0.25, 0.3) is 11.8 Å². The van der Waals surface area contributed by atoms with E-state index in [4.69, 9.17) is 4.42 Å². The number of thioether (sulfide) groups is 1. The first-order valence-electron chi connectivity index (χ1n) is 14.4. The van der Waals surface area contributed by atoms with Gasteiger partial charge in [0.15, 0.2) is 0 Å². The van der Waals surface area contributed by atoms with Crippen molar-refractivity contribution in [1.82, 2.24) is 5.32 Å². The fraction of sp³-hybridized carbons (Fsp3) is 0.0263. The van der Waals surface area contributed by atoms with E-state index in [1.807, 2.05) is 72.8 Å². The number of anilines is 1. The van der Waals surface area contributed by atoms with Crippen molar-refractivity contribution in [2.45, 2.75) is 10.6 Å². The first-order chi connectivity index (χ1) is 22.4. The molecule has 8 heteroatoms. The highest BCUT2D eigenvalue weighted by molar-refractivity contribution is 7.98. The van der Waals surface area contributed by atoms with E-state index in [0.717, 1.165) is 27.0 Å². The number of carbonyl (C=O) groups excluding carboxylic acids is 2. The zero-order valence-corrected chi connectivity index (χ0v) is 25.3. The molecule has 46 heavy (non-hydrogen) atoms. The van der Waals surface area contributed by atoms with Gasteiger partial charge in [0, 0.05) is 38.9 Å². The van der Waals surface area contributed by atoms with Gasteiger partial charge in [-0.05, 0) is 77.4 Å². The van der Waals surface area contributed by atoms with Crippen molar-refractivity contribution in [3.63, 3.8) is 0 Å². The summed E-state index contributed by atoms with van der Waals surface area (Å²) in [5.41, 5.74) is 4.31. The molecule has 0 fully saturated rings. The van der Waals surface area contributed by atoms with E-state index in [1.54, 1.807) is 60.7 Å². The highest BCUT2D eigenvalue weighted by atomic mass is 32.2. The standard InChI is InChI=1S/C38H28N2O5S/c41-32-18-15-29-22-30(38(44)45-35(29)23-32)24-46-33-19-16-31(17-20-33)39-37(43)34(40-36(42)28-9-5-2-6-10-28)21-25-11-13-27(14-12-25)26-7-3-1-4-8-26/h1-23,41H,24H2,(H,39,43)(H,40,42)/b34-21-. The number of hydrogen-bond acceptors (Lipinski definition) is 6. The van der Waals surface area contributed by atoms with Crippen molar-refractivity contribution in [3.8, 4) is 16.9 Å². The molecule has 6 rings (SSSR count). The monoisotopic (exact) mass is 624 g/mol. The Kier molecular flexibility index (Phi) is 9.08. The molecule has 1 aromatic heterocycles. The average molecular weight is 625 g/mol. The summed E-state index contributed by atoms with van der Waals surface area (Å²) in [6.07, 6.45) is 1.64. The van der Waals surface area contributed by atoms with Crippen LogP contribution in [0.4, 0.5) is 5.69 Å². The van der Waals surface area contributed by atoms with Crippen molar-refractivity contribution >= 4 is 46.3 Å². The molecule has 0 spiro atoms. The third-order valence-corrected chi connectivity index (χ3v) is 8.22. The lowest BCUT2D eigenvalue weighted by atomic mass is 10.0. The summed E-state index contributed by atoms with van der Waals surface area (Å²) < 4.78 is 5.36. The molecule has 0 bridgehead atoms. The highest BCUT2D eigenvalue weighted by Crippen LogP contribution is 2.26. The highest BCUT2D eigenvalue weighted by Gasteiger charge is 2.15. The Labute approximate surface area is 269 Å². The smallest absolute Gasteiger partial charge is 0.340 e. The number of phenols is 1. The van der Waals surface area contributed by atoms with Crippen LogP contribution < -0.4 is 16.3 Å². The molecule has 0 saturated carbocycles. The van der Waals surface area contributed by atoms with Crippen LogP contribution in [0.3, 0.4) is 0 Å². The summed E-state index contributed by atoms with van der Waals surface area (Å²) in [5.74, 6) is -0.461. The van der Waals surface area contributed by atoms with Crippen molar-refractivity contribution in [2.75, 3.05) is 5.32 Å². The molecule has 226 valence electrons. The van der Waals surface area contributed by atoms with Gasteiger partial charge in [-0.25, -0.2) is 4.79 Å². The Bertz CT molecular complexity index is 2090. The van der Waals surface area contributed by atoms with Crippen LogP contribution in [-0.2, 0) is 10.5 Å². The number of aromatic hydroxyl groups is 1. The molecule has 0 unspecified atom stereocenters. The minimum atomic E-state index is -0.475. The molecule has 0 aliphatic heterocycles. The molecule has 0 atom stereocenters. The molecule has 0 saturated heterocycles. The van der Waals surface area contributed by atoms with E-state index in [9.17, 15) is 19.5 Å². The summed E-state index contributed by atoms with van der Waals surface area (Å²) in [6.45, 7) is 0. The zero-order valence-electron chi connectivity index (χ0n) is 24.5. The molecule has 3 N–H and O–H groups in total. The minimum Gasteiger partial charge on any atom is -0.508 e. The Morgan fingerprint density at radius 1 is 0.761 bits per heavy atom. The predicted molar refractivity (Wildman–Crippen MR) is 183 cm³/mol. The Balaban J connectivity index is 1.16. The lowest BCUT2D eigenvalue weighted by Gasteiger charge is -2.12. The summed E-state index contributed by atoms with van der Waals surface area (Å²) in [7, 11) is 0. The summed E-state index contributed by atoms with van der Waals surface area (Å²) in [5, 5.41) is 16.0. The second-order valence-corrected chi connectivity index (χ2v) is 11.5. The molecular weight excluding hydrogens is 596 g/mol. The minimum absolute atomic E-state index is 0.0311. The third kappa shape index (κ3) is 7.43. The van der Waals surface area contributed by atoms with Gasteiger partial charge in [-0.2, -0.15) is 0 Å². The van der Waals surface area contributed by atoms with Crippen molar-refractivity contribution < 1.29 is 19.1 Å². The van der Waals surface area contributed by atoms with Crippen molar-refractivity contribution in [3.05, 3.63) is 166 Å². The third-order valence-electron chi connectivity index (χ3n) is 7.16. The predicted octanol–water partition coefficient (Wildman–Crippen LogP) is 7.87. The van der Waals surface area contributed by atoms with Crippen LogP contribution >= 0.6 is 11.8 Å². The van der Waals surface area contributed by atoms with Gasteiger partial charge in [0.05, 0.1) is 0 Å². The van der Waals surface area contributed by atoms with Crippen LogP contribution in [0.15, 0.2) is 153 Å². The van der Waals surface area contributed by atoms with E-state index in [0.29, 0.717) is 28.2 Å². The SMILES string of the molecule is O=C(Nc1ccc(SCc2cc3ccc(O)cc3oc2=O)cc1)/C(=C/c1ccc(-c2ccccc2)cc1)NC(=O)c1ccccc1. The van der Waals surface area contributed by atoms with Crippen LogP contribution in [-0.4, -0.2) is 16.9 Å². The first kappa shape index (κ1) is 30.2. The Hall–Kier alpha value is -5.86. The average Bonchev–Trinajstić information content (AvgIpc) is 3.08. The van der Waals surface area contributed by atoms with Gasteiger partial charge in [-0.3, -0.25) is 9.59 Å². The van der Waals surface area contributed by atoms with Gasteiger partial charge in [-0.15, -0.1) is 11.8 Å². The lowest BCUT2D eigenvalue weighted by Crippen LogP contribution is -2.30. The Morgan fingerprint density at radius 2 is 1.43 bits per heavy atom. The number of phenolic OH excluding ortho intramolecular Hbond substituents is 1. The molecule has 2 amide bonds. The maximum absolute atomic E-state index is 13.5. The van der Waals surface area contributed by atoms with Crippen molar-refractivity contribution in [2.24, 2.45) is 0 Å². The van der Waals surface area contributed by atoms with Crippen molar-refractivity contribution in [1.29, 1.82) is 0 Å². The summed E-state index contributed by atoms with van der Waals surface area (Å²) in [4.78, 5) is 39.8. The lowest BCUT2D eigenvalue weighted by molar-refractivity contribution is -0.113. The molecule has 5 aromatic carbocycles. The van der Waals surface area contributed by atoms with Crippen LogP contribution in [0.5, 0.6) is 5.75 Å². The second-order valence-electron chi connectivity index (χ2n) is 10.4. The quantitative estimate of drug-likeness (QED) is 0.0859. The van der Waals surface area contributed by atoms with Gasteiger partial charge in [0.2, 0.25) is 0 Å².